The van der Waals surface area contributed by atoms with Gasteiger partial charge in [-0.2, -0.15) is 4.98 Å². The number of carboxylic acids is 1. The molecule has 1 heterocycles. The van der Waals surface area contributed by atoms with Gasteiger partial charge in [0, 0.05) is 12.1 Å². The second-order valence-corrected chi connectivity index (χ2v) is 3.23. The zero-order valence-electron chi connectivity index (χ0n) is 7.73. The quantitative estimate of drug-likeness (QED) is 0.778. The molecule has 0 bridgehead atoms. The van der Waals surface area contributed by atoms with E-state index in [-0.39, 0.29) is 11.4 Å². The van der Waals surface area contributed by atoms with Crippen LogP contribution < -0.4 is 4.74 Å². The highest BCUT2D eigenvalue weighted by Gasteiger charge is 2.28. The molecule has 1 aromatic rings. The summed E-state index contributed by atoms with van der Waals surface area (Å²) < 4.78 is 4.89. The Morgan fingerprint density at radius 1 is 1.64 bits per heavy atom. The van der Waals surface area contributed by atoms with Gasteiger partial charge in [-0.1, -0.05) is 0 Å². The van der Waals surface area contributed by atoms with Gasteiger partial charge < -0.3 is 9.84 Å². The minimum Gasteiger partial charge on any atom is -0.480 e. The maximum absolute atomic E-state index is 10.7. The molecular weight excluding hydrogens is 184 g/mol. The van der Waals surface area contributed by atoms with Crippen LogP contribution in [0.3, 0.4) is 0 Å². The van der Waals surface area contributed by atoms with E-state index in [0.717, 1.165) is 12.8 Å². The lowest BCUT2D eigenvalue weighted by molar-refractivity contribution is 0.0691. The lowest BCUT2D eigenvalue weighted by atomic mass is 10.3. The van der Waals surface area contributed by atoms with Gasteiger partial charge in [-0.3, -0.25) is 0 Å². The van der Waals surface area contributed by atoms with Crippen LogP contribution in [0.2, 0.25) is 0 Å². The van der Waals surface area contributed by atoms with Crippen molar-refractivity contribution in [3.05, 3.63) is 17.6 Å². The van der Waals surface area contributed by atoms with Gasteiger partial charge in [0.25, 0.3) is 0 Å². The van der Waals surface area contributed by atoms with Crippen LogP contribution in [0.15, 0.2) is 6.20 Å². The molecule has 1 aromatic heterocycles. The van der Waals surface area contributed by atoms with E-state index >= 15 is 0 Å². The maximum atomic E-state index is 10.7. The fourth-order valence-corrected chi connectivity index (χ4v) is 1.22. The van der Waals surface area contributed by atoms with E-state index in [1.165, 1.54) is 13.3 Å². The Balaban J connectivity index is 2.38. The summed E-state index contributed by atoms with van der Waals surface area (Å²) in [4.78, 5) is 18.8. The van der Waals surface area contributed by atoms with Crippen LogP contribution in [0.25, 0.3) is 0 Å². The van der Waals surface area contributed by atoms with Gasteiger partial charge in [0.2, 0.25) is 5.88 Å². The predicted octanol–water partition coefficient (Wildman–Crippen LogP) is 1.06. The van der Waals surface area contributed by atoms with E-state index in [2.05, 4.69) is 9.97 Å². The van der Waals surface area contributed by atoms with E-state index in [1.807, 2.05) is 0 Å². The summed E-state index contributed by atoms with van der Waals surface area (Å²) in [6, 6.07) is 0. The molecule has 0 unspecified atom stereocenters. The molecule has 0 atom stereocenters. The summed E-state index contributed by atoms with van der Waals surface area (Å²) in [5.74, 6) is 0.164. The minimum absolute atomic E-state index is 0.0110. The zero-order chi connectivity index (χ0) is 10.1. The van der Waals surface area contributed by atoms with E-state index in [9.17, 15) is 4.79 Å². The Hall–Kier alpha value is -1.65. The fourth-order valence-electron chi connectivity index (χ4n) is 1.22. The van der Waals surface area contributed by atoms with Crippen molar-refractivity contribution in [3.8, 4) is 5.88 Å². The highest BCUT2D eigenvalue weighted by atomic mass is 16.5. The van der Waals surface area contributed by atoms with Gasteiger partial charge >= 0.3 is 5.97 Å². The molecule has 0 aliphatic heterocycles. The average Bonchev–Trinajstić information content (AvgIpc) is 3.00. The number of carbonyl (C=O) groups is 1. The largest absolute Gasteiger partial charge is 0.480 e. The van der Waals surface area contributed by atoms with Crippen LogP contribution in [0.5, 0.6) is 5.88 Å². The van der Waals surface area contributed by atoms with Crippen LogP contribution in [0.4, 0.5) is 0 Å². The number of hydrogen-bond donors (Lipinski definition) is 1. The van der Waals surface area contributed by atoms with Crippen molar-refractivity contribution in [2.75, 3.05) is 7.11 Å². The molecule has 0 saturated heterocycles. The number of methoxy groups -OCH3 is 1. The van der Waals surface area contributed by atoms with Crippen molar-refractivity contribution >= 4 is 5.97 Å². The Labute approximate surface area is 80.8 Å². The first-order valence-electron chi connectivity index (χ1n) is 4.36. The molecule has 74 valence electrons. The van der Waals surface area contributed by atoms with Gasteiger partial charge in [-0.15, -0.1) is 0 Å². The Bertz CT molecular complexity index is 374. The zero-order valence-corrected chi connectivity index (χ0v) is 7.73. The Morgan fingerprint density at radius 3 is 2.86 bits per heavy atom. The van der Waals surface area contributed by atoms with E-state index < -0.39 is 5.97 Å². The standard InChI is InChI=1S/C9H10N2O3/c1-14-8-6(9(12)13)4-10-7(11-8)5-2-3-5/h4-5H,2-3H2,1H3,(H,12,13). The average molecular weight is 194 g/mol. The number of nitrogens with zero attached hydrogens (tertiary/aromatic N) is 2. The summed E-state index contributed by atoms with van der Waals surface area (Å²) in [6.45, 7) is 0. The molecule has 1 N–H and O–H groups in total. The topological polar surface area (TPSA) is 72.3 Å². The fraction of sp³-hybridized carbons (Fsp3) is 0.444. The van der Waals surface area contributed by atoms with Crippen LogP contribution in [0, 0.1) is 0 Å². The number of aromatic nitrogens is 2. The molecule has 1 fully saturated rings. The molecule has 1 aliphatic carbocycles. The van der Waals surface area contributed by atoms with E-state index in [4.69, 9.17) is 9.84 Å². The third-order valence-electron chi connectivity index (χ3n) is 2.14. The molecule has 5 heteroatoms. The first-order valence-corrected chi connectivity index (χ1v) is 4.36. The molecule has 0 radical (unpaired) electrons. The summed E-state index contributed by atoms with van der Waals surface area (Å²) in [7, 11) is 1.41. The summed E-state index contributed by atoms with van der Waals surface area (Å²) >= 11 is 0. The molecule has 1 saturated carbocycles. The van der Waals surface area contributed by atoms with Crippen molar-refractivity contribution < 1.29 is 14.6 Å². The normalized spacial score (nSPS) is 15.2. The highest BCUT2D eigenvalue weighted by molar-refractivity contribution is 5.89. The van der Waals surface area contributed by atoms with Crippen LogP contribution in [-0.2, 0) is 0 Å². The molecule has 0 aromatic carbocycles. The number of aromatic carboxylic acids is 1. The molecular formula is C9H10N2O3. The molecule has 1 aliphatic rings. The summed E-state index contributed by atoms with van der Waals surface area (Å²) in [5, 5.41) is 8.78. The lowest BCUT2D eigenvalue weighted by Crippen LogP contribution is -2.05. The van der Waals surface area contributed by atoms with Crippen LogP contribution in [0.1, 0.15) is 34.9 Å². The molecule has 5 nitrogen and oxygen atoms in total. The lowest BCUT2D eigenvalue weighted by Gasteiger charge is -2.04. The van der Waals surface area contributed by atoms with Crippen LogP contribution in [-0.4, -0.2) is 28.2 Å². The number of ether oxygens (including phenoxy) is 1. The maximum Gasteiger partial charge on any atom is 0.342 e. The van der Waals surface area contributed by atoms with Crippen molar-refractivity contribution in [2.24, 2.45) is 0 Å². The van der Waals surface area contributed by atoms with E-state index in [0.29, 0.717) is 11.7 Å². The summed E-state index contributed by atoms with van der Waals surface area (Å²) in [5.41, 5.74) is 0.0110. The second-order valence-electron chi connectivity index (χ2n) is 3.23. The number of hydrogen-bond acceptors (Lipinski definition) is 4. The first kappa shape index (κ1) is 8.93. The Morgan fingerprint density at radius 2 is 2.36 bits per heavy atom. The van der Waals surface area contributed by atoms with E-state index in [1.54, 1.807) is 0 Å². The molecule has 0 spiro atoms. The van der Waals surface area contributed by atoms with Gasteiger partial charge in [0.15, 0.2) is 0 Å². The van der Waals surface area contributed by atoms with Crippen molar-refractivity contribution in [1.29, 1.82) is 0 Å². The van der Waals surface area contributed by atoms with Crippen molar-refractivity contribution in [1.82, 2.24) is 9.97 Å². The third-order valence-corrected chi connectivity index (χ3v) is 2.14. The monoisotopic (exact) mass is 194 g/mol. The second kappa shape index (κ2) is 3.25. The minimum atomic E-state index is -1.07. The van der Waals surface area contributed by atoms with Gasteiger partial charge in [0.05, 0.1) is 7.11 Å². The van der Waals surface area contributed by atoms with Crippen LogP contribution >= 0.6 is 0 Å². The number of rotatable bonds is 3. The Kier molecular flexibility index (Phi) is 2.07. The van der Waals surface area contributed by atoms with Crippen molar-refractivity contribution in [3.63, 3.8) is 0 Å². The van der Waals surface area contributed by atoms with Gasteiger partial charge in [-0.05, 0) is 12.8 Å². The van der Waals surface area contributed by atoms with Crippen molar-refractivity contribution in [2.45, 2.75) is 18.8 Å². The summed E-state index contributed by atoms with van der Waals surface area (Å²) in [6.07, 6.45) is 3.47. The smallest absolute Gasteiger partial charge is 0.342 e. The predicted molar refractivity (Wildman–Crippen MR) is 47.5 cm³/mol. The molecule has 14 heavy (non-hydrogen) atoms. The van der Waals surface area contributed by atoms with Gasteiger partial charge in [0.1, 0.15) is 11.4 Å². The highest BCUT2D eigenvalue weighted by Crippen LogP contribution is 2.38. The SMILES string of the molecule is COc1nc(C2CC2)ncc1C(=O)O. The molecule has 2 rings (SSSR count). The van der Waals surface area contributed by atoms with Gasteiger partial charge in [-0.25, -0.2) is 9.78 Å². The number of carboxylic acid groups (broad SMARTS) is 1. The first-order chi connectivity index (χ1) is 6.72. The third kappa shape index (κ3) is 1.53. The molecule has 0 amide bonds.